The molecule has 0 radical (unpaired) electrons. The molecule has 3 heteroatoms. The van der Waals surface area contributed by atoms with E-state index in [0.29, 0.717) is 11.3 Å². The predicted molar refractivity (Wildman–Crippen MR) is 160 cm³/mol. The summed E-state index contributed by atoms with van der Waals surface area (Å²) in [5.74, 6) is 0.573. The first-order valence-electron chi connectivity index (χ1n) is 13.4. The summed E-state index contributed by atoms with van der Waals surface area (Å²) in [5.41, 5.74) is 4.95. The Labute approximate surface area is 261 Å². The predicted octanol–water partition coefficient (Wildman–Crippen LogP) is 4.42. The Bertz CT molecular complexity index is 1180. The summed E-state index contributed by atoms with van der Waals surface area (Å²) in [4.78, 5) is 0. The van der Waals surface area contributed by atoms with Crippen LogP contribution in [0.15, 0.2) is 60.2 Å². The normalized spacial score (nSPS) is 15.0. The molecule has 208 valence electrons. The summed E-state index contributed by atoms with van der Waals surface area (Å²) in [6, 6.07) is 16.2. The van der Waals surface area contributed by atoms with Crippen LogP contribution in [0.2, 0.25) is 0 Å². The third kappa shape index (κ3) is 10.6. The Morgan fingerprint density at radius 3 is 1.42 bits per heavy atom. The van der Waals surface area contributed by atoms with Crippen LogP contribution in [0.25, 0.3) is 21.5 Å². The average Bonchev–Trinajstić information content (AvgIpc) is 3.36. The number of benzene rings is 2. The molecule has 4 rings (SSSR count). The minimum atomic E-state index is 0. The van der Waals surface area contributed by atoms with Gasteiger partial charge >= 0.3 is 41.3 Å². The third-order valence-corrected chi connectivity index (χ3v) is 6.58. The molecule has 0 heterocycles. The fourth-order valence-electron chi connectivity index (χ4n) is 4.17. The van der Waals surface area contributed by atoms with Gasteiger partial charge in [0.25, 0.3) is 0 Å². The SMILES string of the molecule is CC(C)(C)c1ccc2c(c1)[cH-]c1cc(C(C)(C)C)ccc12.CCC1[C-]=CC(C(C)(C)C)=C1.C[C](C)=[Zr+2].[Cl-].[Cl-]. The maximum Gasteiger partial charge on any atom is -1.00 e. The van der Waals surface area contributed by atoms with Crippen LogP contribution >= 0.6 is 0 Å². The van der Waals surface area contributed by atoms with Crippen molar-refractivity contribution in [3.05, 3.63) is 77.4 Å². The van der Waals surface area contributed by atoms with Gasteiger partial charge in [0.05, 0.1) is 0 Å². The molecule has 1 unspecified atom stereocenters. The van der Waals surface area contributed by atoms with E-state index in [-0.39, 0.29) is 35.6 Å². The summed E-state index contributed by atoms with van der Waals surface area (Å²) in [5, 5.41) is 5.48. The Morgan fingerprint density at radius 1 is 0.763 bits per heavy atom. The van der Waals surface area contributed by atoms with E-state index in [4.69, 9.17) is 0 Å². The molecular formula is C35H48Cl2Zr-2. The van der Waals surface area contributed by atoms with Crippen molar-refractivity contribution in [3.63, 3.8) is 0 Å². The Kier molecular flexibility index (Phi) is 14.3. The molecule has 1 aliphatic carbocycles. The molecule has 0 nitrogen and oxygen atoms in total. The van der Waals surface area contributed by atoms with E-state index < -0.39 is 0 Å². The number of allylic oxidation sites excluding steroid dienone is 4. The van der Waals surface area contributed by atoms with E-state index in [1.165, 1.54) is 47.9 Å². The fraction of sp³-hybridized carbons (Fsp3) is 0.486. The minimum Gasteiger partial charge on any atom is -1.00 e. The first-order chi connectivity index (χ1) is 16.4. The van der Waals surface area contributed by atoms with Crippen LogP contribution in [0.1, 0.15) is 101 Å². The number of hydrogen-bond donors (Lipinski definition) is 0. The van der Waals surface area contributed by atoms with Gasteiger partial charge in [0, 0.05) is 0 Å². The number of hydrogen-bond acceptors (Lipinski definition) is 0. The Balaban J connectivity index is 0.000000684. The fourth-order valence-corrected chi connectivity index (χ4v) is 4.17. The van der Waals surface area contributed by atoms with Gasteiger partial charge < -0.3 is 24.8 Å². The topological polar surface area (TPSA) is 0 Å². The molecule has 3 aromatic carbocycles. The van der Waals surface area contributed by atoms with Crippen LogP contribution in [0.4, 0.5) is 0 Å². The zero-order valence-corrected chi connectivity index (χ0v) is 29.7. The summed E-state index contributed by atoms with van der Waals surface area (Å²) in [6.07, 6.45) is 9.00. The molecule has 0 bridgehead atoms. The van der Waals surface area contributed by atoms with Crippen molar-refractivity contribution >= 4 is 24.8 Å². The average molecular weight is 631 g/mol. The van der Waals surface area contributed by atoms with Gasteiger partial charge in [0.15, 0.2) is 0 Å². The van der Waals surface area contributed by atoms with Crippen LogP contribution in [-0.4, -0.2) is 3.21 Å². The zero-order valence-electron chi connectivity index (χ0n) is 25.7. The summed E-state index contributed by atoms with van der Waals surface area (Å²) >= 11 is 1.55. The van der Waals surface area contributed by atoms with Gasteiger partial charge in [0.1, 0.15) is 0 Å². The summed E-state index contributed by atoms with van der Waals surface area (Å²) < 4.78 is 1.51. The van der Waals surface area contributed by atoms with Gasteiger partial charge in [-0.15, -0.1) is 39.7 Å². The van der Waals surface area contributed by atoms with E-state index >= 15 is 0 Å². The van der Waals surface area contributed by atoms with E-state index in [9.17, 15) is 0 Å². The molecule has 0 N–H and O–H groups in total. The second-order valence-corrected chi connectivity index (χ2v) is 15.9. The van der Waals surface area contributed by atoms with Crippen LogP contribution in [0, 0.1) is 17.4 Å². The standard InChI is InChI=1S/C21H25.C11H17.C3H6.2ClH.Zr/c1-20(2,3)16-7-9-18-14(12-16)11-15-13-17(21(4,5)6)8-10-19(15)18;1-5-9-6-7-10(8-9)11(2,3)4;1-3-2;;;/h7-13H,1-6H3;7-9H,5H2,1-4H3;1-2H3;2*1H;/q2*-1;;;;+2/p-2. The van der Waals surface area contributed by atoms with E-state index in [1.807, 2.05) is 0 Å². The van der Waals surface area contributed by atoms with E-state index in [0.717, 1.165) is 0 Å². The molecule has 0 saturated heterocycles. The van der Waals surface area contributed by atoms with Crippen molar-refractivity contribution in [1.29, 1.82) is 0 Å². The van der Waals surface area contributed by atoms with Crippen LogP contribution in [-0.2, 0) is 35.1 Å². The first-order valence-corrected chi connectivity index (χ1v) is 14.6. The molecule has 1 atom stereocenters. The van der Waals surface area contributed by atoms with Gasteiger partial charge in [-0.25, -0.2) is 6.08 Å². The van der Waals surface area contributed by atoms with Gasteiger partial charge in [-0.2, -0.15) is 11.6 Å². The molecule has 0 amide bonds. The monoisotopic (exact) mass is 628 g/mol. The quantitative estimate of drug-likeness (QED) is 0.350. The van der Waals surface area contributed by atoms with Gasteiger partial charge in [-0.3, -0.25) is 6.08 Å². The maximum atomic E-state index is 3.35. The van der Waals surface area contributed by atoms with Crippen molar-refractivity contribution in [2.75, 3.05) is 0 Å². The van der Waals surface area contributed by atoms with Crippen molar-refractivity contribution < 1.29 is 49.0 Å². The largest absolute Gasteiger partial charge is 1.00 e. The zero-order chi connectivity index (χ0) is 27.5. The molecule has 0 aromatic heterocycles. The molecular weight excluding hydrogens is 583 g/mol. The van der Waals surface area contributed by atoms with Gasteiger partial charge in [0.2, 0.25) is 0 Å². The van der Waals surface area contributed by atoms with Crippen molar-refractivity contribution in [2.45, 2.75) is 100 Å². The van der Waals surface area contributed by atoms with E-state index in [1.54, 1.807) is 24.2 Å². The molecule has 0 fully saturated rings. The molecule has 0 saturated carbocycles. The number of fused-ring (bicyclic) bond motifs is 3. The third-order valence-electron chi connectivity index (χ3n) is 6.58. The molecule has 0 spiro atoms. The second-order valence-electron chi connectivity index (χ2n) is 13.4. The van der Waals surface area contributed by atoms with E-state index in [2.05, 4.69) is 144 Å². The van der Waals surface area contributed by atoms with Gasteiger partial charge in [-0.1, -0.05) is 122 Å². The van der Waals surface area contributed by atoms with Crippen LogP contribution in [0.5, 0.6) is 0 Å². The molecule has 0 aliphatic heterocycles. The number of halogens is 2. The van der Waals surface area contributed by atoms with Crippen molar-refractivity contribution in [2.24, 2.45) is 11.3 Å². The molecule has 3 aromatic rings. The molecule has 38 heavy (non-hydrogen) atoms. The van der Waals surface area contributed by atoms with Crippen LogP contribution < -0.4 is 24.8 Å². The first kappa shape index (κ1) is 37.1. The number of rotatable bonds is 1. The van der Waals surface area contributed by atoms with Crippen molar-refractivity contribution in [1.82, 2.24) is 0 Å². The maximum absolute atomic E-state index is 3.35. The Morgan fingerprint density at radius 2 is 1.16 bits per heavy atom. The summed E-state index contributed by atoms with van der Waals surface area (Å²) in [7, 11) is 0. The molecule has 1 aliphatic rings. The summed E-state index contributed by atoms with van der Waals surface area (Å²) in [6.45, 7) is 26.8. The minimum absolute atomic E-state index is 0. The smallest absolute Gasteiger partial charge is 1.00 e. The van der Waals surface area contributed by atoms with Crippen LogP contribution in [0.3, 0.4) is 0 Å². The Hall–Kier alpha value is -0.877. The second kappa shape index (κ2) is 14.7. The van der Waals surface area contributed by atoms with Crippen molar-refractivity contribution in [3.8, 4) is 0 Å². The van der Waals surface area contributed by atoms with Gasteiger partial charge in [-0.05, 0) is 10.8 Å².